The fourth-order valence-electron chi connectivity index (χ4n) is 3.76. The first-order valence-electron chi connectivity index (χ1n) is 10.5. The third kappa shape index (κ3) is 4.29. The number of hydrogen-bond donors (Lipinski definition) is 1. The van der Waals surface area contributed by atoms with Crippen molar-refractivity contribution in [1.29, 1.82) is 0 Å². The average molecular weight is 468 g/mol. The molecule has 0 bridgehead atoms. The van der Waals surface area contributed by atoms with Crippen molar-refractivity contribution < 1.29 is 22.7 Å². The maximum absolute atomic E-state index is 13.5. The molecule has 0 unspecified atom stereocenters. The summed E-state index contributed by atoms with van der Waals surface area (Å²) < 4.78 is 46.9. The van der Waals surface area contributed by atoms with E-state index in [1.54, 1.807) is 18.3 Å². The first-order chi connectivity index (χ1) is 16.4. The van der Waals surface area contributed by atoms with E-state index in [2.05, 4.69) is 25.3 Å². The molecule has 11 heteroatoms. The molecule has 1 aliphatic rings. The second kappa shape index (κ2) is 8.75. The molecular weight excluding hydrogens is 449 g/mol. The number of aromatic nitrogens is 4. The van der Waals surface area contributed by atoms with Crippen molar-refractivity contribution >= 4 is 23.1 Å². The van der Waals surface area contributed by atoms with E-state index in [0.29, 0.717) is 24.5 Å². The molecule has 1 amide bonds. The molecule has 5 rings (SSSR count). The van der Waals surface area contributed by atoms with Gasteiger partial charge in [-0.05, 0) is 30.3 Å². The SMILES string of the molecule is O=C(Nc1ccc(N2CCOCC2)nc1)c1cnc2ccc(-c3ccccc3C(F)(F)F)nn12. The van der Waals surface area contributed by atoms with Gasteiger partial charge in [0, 0.05) is 18.7 Å². The summed E-state index contributed by atoms with van der Waals surface area (Å²) in [7, 11) is 0. The summed E-state index contributed by atoms with van der Waals surface area (Å²) in [5, 5.41) is 7.01. The number of halogens is 3. The number of anilines is 2. The van der Waals surface area contributed by atoms with Crippen LogP contribution in [0, 0.1) is 0 Å². The predicted molar refractivity (Wildman–Crippen MR) is 119 cm³/mol. The zero-order valence-electron chi connectivity index (χ0n) is 17.8. The molecule has 1 N–H and O–H groups in total. The Labute approximate surface area is 192 Å². The lowest BCUT2D eigenvalue weighted by Gasteiger charge is -2.27. The number of morpholine rings is 1. The Morgan fingerprint density at radius 1 is 0.971 bits per heavy atom. The molecule has 1 aliphatic heterocycles. The van der Waals surface area contributed by atoms with Crippen LogP contribution in [-0.4, -0.2) is 51.8 Å². The monoisotopic (exact) mass is 468 g/mol. The first-order valence-corrected chi connectivity index (χ1v) is 10.5. The van der Waals surface area contributed by atoms with Gasteiger partial charge in [0.15, 0.2) is 11.3 Å². The van der Waals surface area contributed by atoms with Gasteiger partial charge in [-0.25, -0.2) is 14.5 Å². The lowest BCUT2D eigenvalue weighted by Crippen LogP contribution is -2.36. The number of pyridine rings is 1. The van der Waals surface area contributed by atoms with Gasteiger partial charge in [0.05, 0.1) is 42.6 Å². The van der Waals surface area contributed by atoms with Crippen molar-refractivity contribution in [3.63, 3.8) is 0 Å². The molecule has 174 valence electrons. The van der Waals surface area contributed by atoms with Crippen molar-refractivity contribution in [2.45, 2.75) is 6.18 Å². The minimum atomic E-state index is -4.54. The number of benzene rings is 1. The molecular formula is C23H19F3N6O2. The second-order valence-electron chi connectivity index (χ2n) is 7.63. The van der Waals surface area contributed by atoms with E-state index >= 15 is 0 Å². The van der Waals surface area contributed by atoms with Gasteiger partial charge in [-0.3, -0.25) is 4.79 Å². The number of imidazole rings is 1. The minimum Gasteiger partial charge on any atom is -0.378 e. The molecule has 0 atom stereocenters. The molecule has 0 saturated carbocycles. The minimum absolute atomic E-state index is 0.0732. The Hall–Kier alpha value is -3.99. The number of hydrogen-bond acceptors (Lipinski definition) is 6. The van der Waals surface area contributed by atoms with Gasteiger partial charge in [-0.2, -0.15) is 18.3 Å². The van der Waals surface area contributed by atoms with E-state index in [1.165, 1.54) is 41.0 Å². The predicted octanol–water partition coefficient (Wildman–Crippen LogP) is 3.90. The van der Waals surface area contributed by atoms with Crippen molar-refractivity contribution in [2.24, 2.45) is 0 Å². The Morgan fingerprint density at radius 3 is 2.50 bits per heavy atom. The fraction of sp³-hybridized carbons (Fsp3) is 0.217. The normalized spacial score (nSPS) is 14.4. The van der Waals surface area contributed by atoms with E-state index in [0.717, 1.165) is 25.0 Å². The first kappa shape index (κ1) is 21.8. The standard InChI is InChI=1S/C23H19F3N6O2/c24-23(25,26)17-4-2-1-3-16(17)18-6-8-21-28-14-19(32(21)30-18)22(33)29-15-5-7-20(27-13-15)31-9-11-34-12-10-31/h1-8,13-14H,9-12H2,(H,29,33). The fourth-order valence-corrected chi connectivity index (χ4v) is 3.76. The van der Waals surface area contributed by atoms with Crippen LogP contribution in [0.3, 0.4) is 0 Å². The van der Waals surface area contributed by atoms with Crippen LogP contribution < -0.4 is 10.2 Å². The van der Waals surface area contributed by atoms with E-state index in [9.17, 15) is 18.0 Å². The van der Waals surface area contributed by atoms with Crippen molar-refractivity contribution in [3.8, 4) is 11.3 Å². The van der Waals surface area contributed by atoms with Gasteiger partial charge >= 0.3 is 6.18 Å². The number of nitrogens with zero attached hydrogens (tertiary/aromatic N) is 5. The number of amides is 1. The highest BCUT2D eigenvalue weighted by atomic mass is 19.4. The summed E-state index contributed by atoms with van der Waals surface area (Å²) >= 11 is 0. The van der Waals surface area contributed by atoms with Gasteiger partial charge in [0.1, 0.15) is 5.82 Å². The highest BCUT2D eigenvalue weighted by Crippen LogP contribution is 2.36. The zero-order chi connectivity index (χ0) is 23.7. The van der Waals surface area contributed by atoms with Gasteiger partial charge < -0.3 is 15.0 Å². The van der Waals surface area contributed by atoms with Gasteiger partial charge in [-0.1, -0.05) is 18.2 Å². The average Bonchev–Trinajstić information content (AvgIpc) is 3.28. The summed E-state index contributed by atoms with van der Waals surface area (Å²) in [4.78, 5) is 23.5. The number of alkyl halides is 3. The lowest BCUT2D eigenvalue weighted by atomic mass is 10.0. The number of nitrogens with one attached hydrogen (secondary N) is 1. The number of fused-ring (bicyclic) bond motifs is 1. The van der Waals surface area contributed by atoms with Crippen LogP contribution in [0.2, 0.25) is 0 Å². The molecule has 34 heavy (non-hydrogen) atoms. The topological polar surface area (TPSA) is 84.7 Å². The summed E-state index contributed by atoms with van der Waals surface area (Å²) in [6.07, 6.45) is -1.67. The third-order valence-electron chi connectivity index (χ3n) is 5.44. The molecule has 0 spiro atoms. The Balaban J connectivity index is 1.41. The van der Waals surface area contributed by atoms with Gasteiger partial charge in [-0.15, -0.1) is 0 Å². The van der Waals surface area contributed by atoms with Gasteiger partial charge in [0.2, 0.25) is 0 Å². The number of carbonyl (C=O) groups is 1. The Bertz CT molecular complexity index is 1330. The van der Waals surface area contributed by atoms with Crippen molar-refractivity contribution in [2.75, 3.05) is 36.5 Å². The third-order valence-corrected chi connectivity index (χ3v) is 5.44. The maximum atomic E-state index is 13.5. The number of ether oxygens (including phenoxy) is 1. The van der Waals surface area contributed by atoms with Crippen molar-refractivity contribution in [1.82, 2.24) is 19.6 Å². The largest absolute Gasteiger partial charge is 0.417 e. The Kier molecular flexibility index (Phi) is 5.62. The Morgan fingerprint density at radius 2 is 1.76 bits per heavy atom. The van der Waals surface area contributed by atoms with Gasteiger partial charge in [0.25, 0.3) is 5.91 Å². The van der Waals surface area contributed by atoms with Crippen LogP contribution in [0.5, 0.6) is 0 Å². The molecule has 1 saturated heterocycles. The highest BCUT2D eigenvalue weighted by Gasteiger charge is 2.33. The van der Waals surface area contributed by atoms with E-state index in [-0.39, 0.29) is 17.0 Å². The van der Waals surface area contributed by atoms with Crippen LogP contribution in [0.25, 0.3) is 16.9 Å². The molecule has 4 heterocycles. The van der Waals surface area contributed by atoms with Crippen LogP contribution in [-0.2, 0) is 10.9 Å². The highest BCUT2D eigenvalue weighted by molar-refractivity contribution is 6.03. The lowest BCUT2D eigenvalue weighted by molar-refractivity contribution is -0.137. The summed E-state index contributed by atoms with van der Waals surface area (Å²) in [5.41, 5.74) is 0.0663. The van der Waals surface area contributed by atoms with Crippen molar-refractivity contribution in [3.05, 3.63) is 72.2 Å². The van der Waals surface area contributed by atoms with Crippen LogP contribution >= 0.6 is 0 Å². The number of carbonyl (C=O) groups excluding carboxylic acids is 1. The summed E-state index contributed by atoms with van der Waals surface area (Å²) in [5.74, 6) is 0.271. The second-order valence-corrected chi connectivity index (χ2v) is 7.63. The molecule has 0 aliphatic carbocycles. The zero-order valence-corrected chi connectivity index (χ0v) is 17.8. The quantitative estimate of drug-likeness (QED) is 0.489. The van der Waals surface area contributed by atoms with E-state index < -0.39 is 17.6 Å². The maximum Gasteiger partial charge on any atom is 0.417 e. The van der Waals surface area contributed by atoms with Crippen LogP contribution in [0.15, 0.2) is 60.9 Å². The molecule has 8 nitrogen and oxygen atoms in total. The molecule has 1 aromatic carbocycles. The van der Waals surface area contributed by atoms with E-state index in [1.807, 2.05) is 0 Å². The molecule has 0 radical (unpaired) electrons. The molecule has 4 aromatic rings. The van der Waals surface area contributed by atoms with E-state index in [4.69, 9.17) is 4.74 Å². The summed E-state index contributed by atoms with van der Waals surface area (Å²) in [6.45, 7) is 2.76. The number of rotatable bonds is 4. The smallest absolute Gasteiger partial charge is 0.378 e. The molecule has 3 aromatic heterocycles. The van der Waals surface area contributed by atoms with Crippen LogP contribution in [0.4, 0.5) is 24.7 Å². The summed E-state index contributed by atoms with van der Waals surface area (Å²) in [6, 6.07) is 11.7. The van der Waals surface area contributed by atoms with Crippen LogP contribution in [0.1, 0.15) is 16.1 Å². The molecule has 1 fully saturated rings.